The van der Waals surface area contributed by atoms with E-state index in [1.165, 1.54) is 12.7 Å². The molecular formula is C55H54FN11O14P2S. The summed E-state index contributed by atoms with van der Waals surface area (Å²) in [6.45, 7) is -2.20. The normalized spacial score (nSPS) is 20.6. The second-order valence-electron chi connectivity index (χ2n) is 19.4. The lowest BCUT2D eigenvalue weighted by Gasteiger charge is -2.37. The van der Waals surface area contributed by atoms with Crippen LogP contribution in [0.25, 0.3) is 22.3 Å². The number of imidazole rings is 2. The first kappa shape index (κ1) is 59.3. The molecule has 2 unspecified atom stereocenters. The lowest BCUT2D eigenvalue weighted by molar-refractivity contribution is -0.193. The van der Waals surface area contributed by atoms with Gasteiger partial charge >= 0.3 is 15.0 Å². The second kappa shape index (κ2) is 26.0. The van der Waals surface area contributed by atoms with Gasteiger partial charge < -0.3 is 47.5 Å². The Morgan fingerprint density at radius 1 is 0.857 bits per heavy atom. The molecule has 0 spiro atoms. The van der Waals surface area contributed by atoms with Crippen molar-refractivity contribution in [2.45, 2.75) is 75.3 Å². The number of alkyl halides is 1. The Kier molecular flexibility index (Phi) is 18.3. The Morgan fingerprint density at radius 3 is 2.14 bits per heavy atom. The minimum Gasteiger partial charge on any atom is -0.566 e. The predicted octanol–water partition coefficient (Wildman–Crippen LogP) is 7.31. The maximum Gasteiger partial charge on any atom is 0.489 e. The average molecular weight is 1210 g/mol. The molecule has 0 radical (unpaired) electrons. The van der Waals surface area contributed by atoms with Gasteiger partial charge in [-0.1, -0.05) is 86.6 Å². The molecule has 8 aromatic rings. The molecule has 84 heavy (non-hydrogen) atoms. The third kappa shape index (κ3) is 12.7. The van der Waals surface area contributed by atoms with Gasteiger partial charge in [0.2, 0.25) is 11.9 Å². The van der Waals surface area contributed by atoms with Crippen LogP contribution >= 0.6 is 15.0 Å². The molecule has 3 N–H and O–H groups in total. The summed E-state index contributed by atoms with van der Waals surface area (Å²) >= 11 is 6.11. The molecule has 0 aliphatic carbocycles. The molecule has 0 saturated carbocycles. The van der Waals surface area contributed by atoms with Crippen LogP contribution in [0.2, 0.25) is 0 Å². The summed E-state index contributed by atoms with van der Waals surface area (Å²) < 4.78 is 87.5. The summed E-state index contributed by atoms with van der Waals surface area (Å²) in [5.74, 6) is -0.351. The average Bonchev–Trinajstić information content (AvgIpc) is 2.40. The van der Waals surface area contributed by atoms with Crippen molar-refractivity contribution in [1.29, 1.82) is 5.26 Å². The molecule has 0 bridgehead atoms. The molecule has 4 aromatic heterocycles. The van der Waals surface area contributed by atoms with E-state index >= 15 is 4.39 Å². The van der Waals surface area contributed by atoms with Gasteiger partial charge in [0.15, 0.2) is 46.6 Å². The van der Waals surface area contributed by atoms with Crippen molar-refractivity contribution in [3.8, 4) is 17.6 Å². The second-order valence-corrected chi connectivity index (χ2v) is 23.0. The van der Waals surface area contributed by atoms with Gasteiger partial charge in [-0.25, -0.2) is 24.3 Å². The quantitative estimate of drug-likeness (QED) is 0.0303. The zero-order valence-corrected chi connectivity index (χ0v) is 47.9. The predicted molar refractivity (Wildman–Crippen MR) is 301 cm³/mol. The van der Waals surface area contributed by atoms with Crippen molar-refractivity contribution < 1.29 is 65.2 Å². The summed E-state index contributed by atoms with van der Waals surface area (Å²) in [6.07, 6.45) is -6.88. The van der Waals surface area contributed by atoms with Gasteiger partial charge in [0.1, 0.15) is 41.9 Å². The molecule has 2 amide bonds. The number of halogens is 1. The topological polar surface area (TPSA) is 312 Å². The molecule has 6 heterocycles. The molecule has 9 atom stereocenters. The number of anilines is 2. The first-order valence-electron chi connectivity index (χ1n) is 26.1. The number of aromatic amines is 1. The summed E-state index contributed by atoms with van der Waals surface area (Å²) in [6, 6.07) is 34.9. The third-order valence-electron chi connectivity index (χ3n) is 13.8. The number of benzene rings is 4. The lowest BCUT2D eigenvalue weighted by atomic mass is 9.80. The zero-order chi connectivity index (χ0) is 59.1. The van der Waals surface area contributed by atoms with Crippen LogP contribution in [0.4, 0.5) is 16.2 Å². The number of nitrogens with zero attached hydrogens (tertiary/aromatic N) is 8. The van der Waals surface area contributed by atoms with Crippen molar-refractivity contribution in [1.82, 2.24) is 39.0 Å². The fraction of sp³-hybridized carbons (Fsp3) is 0.327. The van der Waals surface area contributed by atoms with Gasteiger partial charge in [0.05, 0.1) is 65.3 Å². The monoisotopic (exact) mass is 1210 g/mol. The van der Waals surface area contributed by atoms with E-state index in [-0.39, 0.29) is 60.1 Å². The van der Waals surface area contributed by atoms with Crippen LogP contribution in [-0.2, 0) is 59.1 Å². The number of carbonyl (C=O) groups excluding carboxylic acids is 2. The summed E-state index contributed by atoms with van der Waals surface area (Å²) in [7, 11) is -0.573. The Labute approximate surface area is 484 Å². The SMILES string of the molecule is COc1ccc(C(OC[C@H]2O[C@@H](n3cnc4c(NC(=O)c5ccccc5)ncnc43)C[C@H]2OP(=S)(OCCC#N)OC[C@H]2O[C@@H](n3cnc4c(=O)[nH]c(NC(=O)C(C)C)nc43)[C@H](O[P+](=O)[O-])[C@@H]2F)(c2ccccc2)c2ccc(OC)cc2)cc1. The highest BCUT2D eigenvalue weighted by Crippen LogP contribution is 2.55. The van der Waals surface area contributed by atoms with Gasteiger partial charge in [-0.05, 0) is 69.5 Å². The van der Waals surface area contributed by atoms with Crippen molar-refractivity contribution >= 4 is 72.7 Å². The molecule has 2 aliphatic rings. The number of hydrogen-bond acceptors (Lipinski definition) is 21. The van der Waals surface area contributed by atoms with E-state index in [1.54, 1.807) is 63.0 Å². The number of nitrogens with one attached hydrogen (secondary N) is 3. The van der Waals surface area contributed by atoms with Crippen LogP contribution in [0.1, 0.15) is 66.2 Å². The highest BCUT2D eigenvalue weighted by molar-refractivity contribution is 8.07. The number of fused-ring (bicyclic) bond motifs is 2. The molecule has 2 fully saturated rings. The number of ether oxygens (including phenoxy) is 5. The van der Waals surface area contributed by atoms with E-state index in [1.807, 2.05) is 84.9 Å². The fourth-order valence-electron chi connectivity index (χ4n) is 9.67. The largest absolute Gasteiger partial charge is 0.566 e. The number of amides is 2. The molecule has 25 nitrogen and oxygen atoms in total. The highest BCUT2D eigenvalue weighted by Gasteiger charge is 2.52. The van der Waals surface area contributed by atoms with Crippen molar-refractivity contribution in [2.24, 2.45) is 5.92 Å². The van der Waals surface area contributed by atoms with Crippen LogP contribution in [-0.4, -0.2) is 115 Å². The Hall–Kier alpha value is -7.83. The highest BCUT2D eigenvalue weighted by atomic mass is 32.5. The number of hydrogen-bond donors (Lipinski definition) is 3. The molecule has 436 valence electrons. The van der Waals surface area contributed by atoms with Gasteiger partial charge in [-0.3, -0.25) is 33.8 Å². The van der Waals surface area contributed by atoms with Gasteiger partial charge in [-0.15, -0.1) is 4.52 Å². The maximum atomic E-state index is 16.8. The molecule has 2 saturated heterocycles. The van der Waals surface area contributed by atoms with Crippen LogP contribution < -0.4 is 30.6 Å². The summed E-state index contributed by atoms with van der Waals surface area (Å²) in [4.78, 5) is 75.5. The van der Waals surface area contributed by atoms with E-state index in [2.05, 4.69) is 40.5 Å². The van der Waals surface area contributed by atoms with Gasteiger partial charge in [0, 0.05) is 17.9 Å². The smallest absolute Gasteiger partial charge is 0.489 e. The molecule has 2 aliphatic heterocycles. The summed E-state index contributed by atoms with van der Waals surface area (Å²) in [5, 5.41) is 15.0. The van der Waals surface area contributed by atoms with Crippen LogP contribution in [0.5, 0.6) is 11.5 Å². The fourth-order valence-corrected chi connectivity index (χ4v) is 12.2. The number of rotatable bonds is 24. The minimum atomic E-state index is -4.18. The van der Waals surface area contributed by atoms with E-state index in [0.29, 0.717) is 28.2 Å². The van der Waals surface area contributed by atoms with Gasteiger partial charge in [0.25, 0.3) is 11.5 Å². The standard InChI is InChI=1S/C55H54FN11O14P2S/c1-32(2)50(68)64-54-63-49-45(52(70)65-54)61-31-67(49)53-46(80-82(71)72)43(56)41(79-53)28-77-83(84,76-25-11-24-57)81-39-26-42(66-30-60-44-47(58-29-59-48(44)66)62-51(69)33-12-7-5-8-13-33)78-40(39)27-75-55(34-14-9-6-10-15-34,35-16-20-37(73-3)21-17-35)36-18-22-38(74-4)23-19-36/h5-10,12-23,29-32,39-43,46,53H,11,25-28H2,1-4H3,(H,58,59,62,69)(H2,63,64,65,68,70)/t39-,40-,41-,42-,43-,46-,53-,83?/m1/s1. The molecule has 29 heteroatoms. The number of H-pyrrole nitrogens is 1. The van der Waals surface area contributed by atoms with E-state index in [4.69, 9.17) is 53.6 Å². The number of nitriles is 1. The van der Waals surface area contributed by atoms with E-state index < -0.39 is 93.5 Å². The Morgan fingerprint density at radius 2 is 1.50 bits per heavy atom. The third-order valence-corrected chi connectivity index (χ3v) is 16.6. The number of methoxy groups -OCH3 is 2. The van der Waals surface area contributed by atoms with Crippen LogP contribution in [0, 0.1) is 17.2 Å². The molecular weight excluding hydrogens is 1150 g/mol. The number of aromatic nitrogens is 8. The Balaban J connectivity index is 0.996. The molecule has 10 rings (SSSR count). The van der Waals surface area contributed by atoms with Crippen molar-refractivity contribution in [3.63, 3.8) is 0 Å². The summed E-state index contributed by atoms with van der Waals surface area (Å²) in [5.41, 5.74) is 0.446. The minimum absolute atomic E-state index is 0.0123. The molecule has 4 aromatic carbocycles. The maximum absolute atomic E-state index is 16.8. The van der Waals surface area contributed by atoms with E-state index in [0.717, 1.165) is 16.5 Å². The van der Waals surface area contributed by atoms with Crippen molar-refractivity contribution in [2.75, 3.05) is 44.7 Å². The van der Waals surface area contributed by atoms with E-state index in [9.17, 15) is 29.1 Å². The van der Waals surface area contributed by atoms with Crippen LogP contribution in [0.3, 0.4) is 0 Å². The van der Waals surface area contributed by atoms with Crippen LogP contribution in [0.15, 0.2) is 133 Å². The number of carbonyl (C=O) groups is 2. The lowest BCUT2D eigenvalue weighted by Crippen LogP contribution is -2.38. The van der Waals surface area contributed by atoms with Crippen molar-refractivity contribution in [3.05, 3.63) is 161 Å². The first-order valence-corrected chi connectivity index (χ1v) is 29.8. The van der Waals surface area contributed by atoms with Gasteiger partial charge in [-0.2, -0.15) is 10.2 Å². The Bertz CT molecular complexity index is 3760. The zero-order valence-electron chi connectivity index (χ0n) is 45.3. The first-order chi connectivity index (χ1) is 40.6.